The molecule has 1 atom stereocenters. The van der Waals surface area contributed by atoms with Crippen LogP contribution in [0.4, 0.5) is 4.79 Å². The van der Waals surface area contributed by atoms with E-state index in [-0.39, 0.29) is 36.9 Å². The Hall–Kier alpha value is -1.50. The zero-order valence-electron chi connectivity index (χ0n) is 13.5. The van der Waals surface area contributed by atoms with Crippen molar-refractivity contribution in [2.45, 2.75) is 31.8 Å². The predicted octanol–water partition coefficient (Wildman–Crippen LogP) is 1.90. The molecule has 0 aromatic heterocycles. The molecule has 24 heavy (non-hydrogen) atoms. The standard InChI is InChI=1S/C16H23ClN4O2.ClH/c17-13-6-4-12(5-7-13)10-19-16(23)20-11-15(22)21-8-2-1-3-14(21)9-18;/h4-7,14H,1-3,8-11,18H2,(H2,19,20,23);1H. The van der Waals surface area contributed by atoms with Gasteiger partial charge in [0.15, 0.2) is 0 Å². The van der Waals surface area contributed by atoms with Crippen LogP contribution in [0, 0.1) is 0 Å². The Morgan fingerprint density at radius 1 is 1.21 bits per heavy atom. The molecular formula is C16H24Cl2N4O2. The van der Waals surface area contributed by atoms with Crippen molar-refractivity contribution in [1.82, 2.24) is 15.5 Å². The first-order chi connectivity index (χ1) is 11.1. The molecule has 0 spiro atoms. The second kappa shape index (κ2) is 10.4. The van der Waals surface area contributed by atoms with E-state index in [0.29, 0.717) is 18.1 Å². The molecule has 4 N–H and O–H groups in total. The Balaban J connectivity index is 0.00000288. The van der Waals surface area contributed by atoms with Gasteiger partial charge in [-0.3, -0.25) is 4.79 Å². The number of carbonyl (C=O) groups is 2. The van der Waals surface area contributed by atoms with Gasteiger partial charge in [-0.2, -0.15) is 0 Å². The van der Waals surface area contributed by atoms with Gasteiger partial charge in [-0.1, -0.05) is 23.7 Å². The molecule has 1 heterocycles. The zero-order valence-corrected chi connectivity index (χ0v) is 15.0. The van der Waals surface area contributed by atoms with Crippen molar-refractivity contribution in [3.63, 3.8) is 0 Å². The van der Waals surface area contributed by atoms with Crippen molar-refractivity contribution in [2.75, 3.05) is 19.6 Å². The number of nitrogens with two attached hydrogens (primary N) is 1. The van der Waals surface area contributed by atoms with Gasteiger partial charge in [-0.15, -0.1) is 12.4 Å². The quantitative estimate of drug-likeness (QED) is 0.735. The van der Waals surface area contributed by atoms with Gasteiger partial charge in [-0.25, -0.2) is 4.79 Å². The second-order valence-corrected chi connectivity index (χ2v) is 6.07. The number of nitrogens with zero attached hydrogens (tertiary/aromatic N) is 1. The maximum Gasteiger partial charge on any atom is 0.315 e. The lowest BCUT2D eigenvalue weighted by Crippen LogP contribution is -2.51. The first-order valence-corrected chi connectivity index (χ1v) is 8.23. The van der Waals surface area contributed by atoms with E-state index in [9.17, 15) is 9.59 Å². The van der Waals surface area contributed by atoms with E-state index in [0.717, 1.165) is 31.4 Å². The van der Waals surface area contributed by atoms with Crippen molar-refractivity contribution in [2.24, 2.45) is 5.73 Å². The van der Waals surface area contributed by atoms with E-state index in [1.54, 1.807) is 17.0 Å². The summed E-state index contributed by atoms with van der Waals surface area (Å²) >= 11 is 5.81. The number of amides is 3. The van der Waals surface area contributed by atoms with Gasteiger partial charge < -0.3 is 21.3 Å². The summed E-state index contributed by atoms with van der Waals surface area (Å²) in [5.41, 5.74) is 6.65. The Kier molecular flexibility index (Phi) is 8.89. The molecule has 1 saturated heterocycles. The van der Waals surface area contributed by atoms with Gasteiger partial charge in [0.2, 0.25) is 5.91 Å². The number of carbonyl (C=O) groups excluding carboxylic acids is 2. The van der Waals surface area contributed by atoms with E-state index < -0.39 is 0 Å². The van der Waals surface area contributed by atoms with Gasteiger partial charge in [0.05, 0.1) is 6.54 Å². The lowest BCUT2D eigenvalue weighted by Gasteiger charge is -2.35. The molecule has 3 amide bonds. The molecule has 0 radical (unpaired) electrons. The molecule has 1 aromatic rings. The first kappa shape index (κ1) is 20.5. The molecule has 1 unspecified atom stereocenters. The highest BCUT2D eigenvalue weighted by molar-refractivity contribution is 6.30. The number of benzene rings is 1. The van der Waals surface area contributed by atoms with Crippen LogP contribution in [-0.2, 0) is 11.3 Å². The lowest BCUT2D eigenvalue weighted by molar-refractivity contribution is -0.133. The number of hydrogen-bond donors (Lipinski definition) is 3. The monoisotopic (exact) mass is 374 g/mol. The van der Waals surface area contributed by atoms with Crippen LogP contribution in [0.1, 0.15) is 24.8 Å². The third-order valence-electron chi connectivity index (χ3n) is 3.99. The maximum absolute atomic E-state index is 12.2. The van der Waals surface area contributed by atoms with E-state index >= 15 is 0 Å². The van der Waals surface area contributed by atoms with Gasteiger partial charge in [-0.05, 0) is 37.0 Å². The number of halogens is 2. The number of nitrogens with one attached hydrogen (secondary N) is 2. The Morgan fingerprint density at radius 3 is 2.58 bits per heavy atom. The average Bonchev–Trinajstić information content (AvgIpc) is 2.59. The SMILES string of the molecule is Cl.NCC1CCCCN1C(=O)CNC(=O)NCc1ccc(Cl)cc1. The number of hydrogen-bond acceptors (Lipinski definition) is 3. The zero-order chi connectivity index (χ0) is 16.7. The molecule has 1 fully saturated rings. The summed E-state index contributed by atoms with van der Waals surface area (Å²) in [6.07, 6.45) is 3.02. The molecule has 6 nitrogen and oxygen atoms in total. The number of urea groups is 1. The molecule has 0 bridgehead atoms. The summed E-state index contributed by atoms with van der Waals surface area (Å²) < 4.78 is 0. The summed E-state index contributed by atoms with van der Waals surface area (Å²) in [5, 5.41) is 5.96. The minimum absolute atomic E-state index is 0. The van der Waals surface area contributed by atoms with Gasteiger partial charge in [0.25, 0.3) is 0 Å². The smallest absolute Gasteiger partial charge is 0.315 e. The van der Waals surface area contributed by atoms with Crippen LogP contribution in [-0.4, -0.2) is 42.5 Å². The largest absolute Gasteiger partial charge is 0.337 e. The fraction of sp³-hybridized carbons (Fsp3) is 0.500. The van der Waals surface area contributed by atoms with Crippen LogP contribution in [0.25, 0.3) is 0 Å². The van der Waals surface area contributed by atoms with E-state index in [4.69, 9.17) is 17.3 Å². The Morgan fingerprint density at radius 2 is 1.92 bits per heavy atom. The van der Waals surface area contributed by atoms with Crippen molar-refractivity contribution < 1.29 is 9.59 Å². The Labute approximate surface area is 153 Å². The summed E-state index contributed by atoms with van der Waals surface area (Å²) in [5.74, 6) is -0.0817. The normalized spacial score (nSPS) is 16.9. The summed E-state index contributed by atoms with van der Waals surface area (Å²) in [7, 11) is 0. The van der Waals surface area contributed by atoms with Crippen molar-refractivity contribution in [3.8, 4) is 0 Å². The van der Waals surface area contributed by atoms with Crippen LogP contribution >= 0.6 is 24.0 Å². The number of likely N-dealkylation sites (tertiary alicyclic amines) is 1. The van der Waals surface area contributed by atoms with Crippen LogP contribution < -0.4 is 16.4 Å². The third kappa shape index (κ3) is 6.19. The molecule has 8 heteroatoms. The summed E-state index contributed by atoms with van der Waals surface area (Å²) in [6.45, 7) is 1.55. The van der Waals surface area contributed by atoms with Crippen molar-refractivity contribution in [1.29, 1.82) is 0 Å². The molecule has 0 aliphatic carbocycles. The number of piperidine rings is 1. The lowest BCUT2D eigenvalue weighted by atomic mass is 10.0. The fourth-order valence-corrected chi connectivity index (χ4v) is 2.80. The number of rotatable bonds is 5. The first-order valence-electron chi connectivity index (χ1n) is 7.86. The van der Waals surface area contributed by atoms with Crippen LogP contribution in [0.3, 0.4) is 0 Å². The molecule has 1 aliphatic heterocycles. The van der Waals surface area contributed by atoms with Crippen LogP contribution in [0.5, 0.6) is 0 Å². The Bertz CT molecular complexity index is 539. The molecular weight excluding hydrogens is 351 g/mol. The van der Waals surface area contributed by atoms with E-state index in [1.165, 1.54) is 0 Å². The summed E-state index contributed by atoms with van der Waals surface area (Å²) in [6, 6.07) is 6.94. The molecule has 134 valence electrons. The molecule has 2 rings (SSSR count). The highest BCUT2D eigenvalue weighted by Gasteiger charge is 2.25. The molecule has 1 aliphatic rings. The molecule has 0 saturated carbocycles. The van der Waals surface area contributed by atoms with Crippen molar-refractivity contribution >= 4 is 35.9 Å². The second-order valence-electron chi connectivity index (χ2n) is 5.64. The maximum atomic E-state index is 12.2. The van der Waals surface area contributed by atoms with E-state index in [1.807, 2.05) is 12.1 Å². The third-order valence-corrected chi connectivity index (χ3v) is 4.24. The van der Waals surface area contributed by atoms with Gasteiger partial charge >= 0.3 is 6.03 Å². The fourth-order valence-electron chi connectivity index (χ4n) is 2.68. The summed E-state index contributed by atoms with van der Waals surface area (Å²) in [4.78, 5) is 25.8. The van der Waals surface area contributed by atoms with Gasteiger partial charge in [0, 0.05) is 30.7 Å². The van der Waals surface area contributed by atoms with Crippen molar-refractivity contribution in [3.05, 3.63) is 34.9 Å². The highest BCUT2D eigenvalue weighted by atomic mass is 35.5. The average molecular weight is 375 g/mol. The minimum atomic E-state index is -0.366. The van der Waals surface area contributed by atoms with Crippen LogP contribution in [0.2, 0.25) is 5.02 Å². The highest BCUT2D eigenvalue weighted by Crippen LogP contribution is 2.15. The molecule has 1 aromatic carbocycles. The minimum Gasteiger partial charge on any atom is -0.337 e. The predicted molar refractivity (Wildman–Crippen MR) is 97.3 cm³/mol. The topological polar surface area (TPSA) is 87.5 Å². The van der Waals surface area contributed by atoms with Crippen LogP contribution in [0.15, 0.2) is 24.3 Å². The van der Waals surface area contributed by atoms with Gasteiger partial charge in [0.1, 0.15) is 0 Å². The van der Waals surface area contributed by atoms with E-state index in [2.05, 4.69) is 10.6 Å².